The Morgan fingerprint density at radius 2 is 1.95 bits per heavy atom. The van der Waals surface area contributed by atoms with Gasteiger partial charge in [0, 0.05) is 24.0 Å². The summed E-state index contributed by atoms with van der Waals surface area (Å²) in [5.74, 6) is 1.08. The molecule has 1 aromatic heterocycles. The molecule has 21 heavy (non-hydrogen) atoms. The topological polar surface area (TPSA) is 58.1 Å². The lowest BCUT2D eigenvalue weighted by atomic mass is 9.96. The molecule has 0 spiro atoms. The van der Waals surface area contributed by atoms with Crippen LogP contribution in [0, 0.1) is 5.92 Å². The van der Waals surface area contributed by atoms with Crippen LogP contribution in [0.15, 0.2) is 30.6 Å². The molecule has 1 saturated heterocycles. The Hall–Kier alpha value is -2.17. The van der Waals surface area contributed by atoms with Crippen molar-refractivity contribution in [2.75, 3.05) is 18.0 Å². The van der Waals surface area contributed by atoms with Crippen molar-refractivity contribution in [2.45, 2.75) is 26.3 Å². The van der Waals surface area contributed by atoms with E-state index in [1.807, 2.05) is 45.0 Å². The van der Waals surface area contributed by atoms with Crippen molar-refractivity contribution in [2.24, 2.45) is 5.92 Å². The summed E-state index contributed by atoms with van der Waals surface area (Å²) in [5.41, 5.74) is 0.754. The van der Waals surface area contributed by atoms with E-state index in [1.165, 1.54) is 0 Å². The number of amides is 1. The van der Waals surface area contributed by atoms with Crippen LogP contribution in [-0.4, -0.2) is 34.5 Å². The van der Waals surface area contributed by atoms with E-state index >= 15 is 0 Å². The predicted molar refractivity (Wildman–Crippen MR) is 83.1 cm³/mol. The number of nitrogens with zero attached hydrogens (tertiary/aromatic N) is 3. The second-order valence-electron chi connectivity index (χ2n) is 6.56. The number of nitrogens with one attached hydrogen (secondary N) is 1. The van der Waals surface area contributed by atoms with Crippen molar-refractivity contribution in [3.63, 3.8) is 0 Å². The summed E-state index contributed by atoms with van der Waals surface area (Å²) in [7, 11) is 0. The lowest BCUT2D eigenvalue weighted by molar-refractivity contribution is -0.127. The van der Waals surface area contributed by atoms with Gasteiger partial charge in [-0.25, -0.2) is 9.97 Å². The monoisotopic (exact) mass is 284 g/mol. The van der Waals surface area contributed by atoms with Crippen LogP contribution in [0.4, 0.5) is 5.82 Å². The van der Waals surface area contributed by atoms with Gasteiger partial charge in [0.1, 0.15) is 12.1 Å². The Balaban J connectivity index is 1.72. The van der Waals surface area contributed by atoms with Gasteiger partial charge in [0.25, 0.3) is 0 Å². The summed E-state index contributed by atoms with van der Waals surface area (Å²) < 4.78 is 0. The molecule has 0 aliphatic carbocycles. The maximum atomic E-state index is 12.1. The largest absolute Gasteiger partial charge is 0.354 e. The number of hydrogen-bond donors (Lipinski definition) is 1. The van der Waals surface area contributed by atoms with Crippen LogP contribution >= 0.6 is 0 Å². The Morgan fingerprint density at radius 3 is 2.67 bits per heavy atom. The van der Waals surface area contributed by atoms with Crippen LogP contribution in [0.5, 0.6) is 0 Å². The van der Waals surface area contributed by atoms with E-state index in [0.29, 0.717) is 13.1 Å². The molecule has 1 aliphatic rings. The van der Waals surface area contributed by atoms with Gasteiger partial charge in [-0.05, 0) is 32.9 Å². The summed E-state index contributed by atoms with van der Waals surface area (Å²) in [6, 6.07) is 7.95. The van der Waals surface area contributed by atoms with E-state index in [0.717, 1.165) is 16.7 Å². The minimum Gasteiger partial charge on any atom is -0.354 e. The molecule has 2 aromatic rings. The van der Waals surface area contributed by atoms with Gasteiger partial charge >= 0.3 is 0 Å². The van der Waals surface area contributed by atoms with Crippen molar-refractivity contribution in [1.82, 2.24) is 15.3 Å². The first-order valence-corrected chi connectivity index (χ1v) is 7.21. The van der Waals surface area contributed by atoms with Crippen LogP contribution in [0.25, 0.3) is 10.9 Å². The zero-order chi connectivity index (χ0) is 15.0. The second kappa shape index (κ2) is 4.98. The maximum absolute atomic E-state index is 12.1. The van der Waals surface area contributed by atoms with E-state index in [9.17, 15) is 4.79 Å². The first kappa shape index (κ1) is 13.8. The molecular formula is C16H20N4O. The summed E-state index contributed by atoms with van der Waals surface area (Å²) >= 11 is 0. The molecule has 0 saturated carbocycles. The van der Waals surface area contributed by atoms with Crippen LogP contribution in [0.1, 0.15) is 20.8 Å². The smallest absolute Gasteiger partial charge is 0.227 e. The number of para-hydroxylation sites is 1. The van der Waals surface area contributed by atoms with Gasteiger partial charge in [0.15, 0.2) is 0 Å². The number of anilines is 1. The van der Waals surface area contributed by atoms with Gasteiger partial charge in [-0.2, -0.15) is 0 Å². The van der Waals surface area contributed by atoms with Gasteiger partial charge < -0.3 is 10.2 Å². The number of carbonyl (C=O) groups is 1. The Kier molecular flexibility index (Phi) is 3.27. The maximum Gasteiger partial charge on any atom is 0.227 e. The average molecular weight is 284 g/mol. The minimum absolute atomic E-state index is 0.0398. The lowest BCUT2D eigenvalue weighted by Gasteiger charge is -2.40. The standard InChI is InChI=1S/C16H20N4O/c1-16(2,3)19-15(21)11-8-20(9-11)14-12-6-4-5-7-13(12)17-10-18-14/h4-7,10-11H,8-9H2,1-3H3,(H,19,21). The van der Waals surface area contributed by atoms with Gasteiger partial charge in [-0.15, -0.1) is 0 Å². The summed E-state index contributed by atoms with van der Waals surface area (Å²) in [6.45, 7) is 7.42. The van der Waals surface area contributed by atoms with Crippen LogP contribution in [0.3, 0.4) is 0 Å². The molecule has 1 aromatic carbocycles. The molecule has 1 amide bonds. The highest BCUT2D eigenvalue weighted by atomic mass is 16.2. The van der Waals surface area contributed by atoms with Crippen molar-refractivity contribution in [3.05, 3.63) is 30.6 Å². The van der Waals surface area contributed by atoms with Gasteiger partial charge in [0.05, 0.1) is 11.4 Å². The highest BCUT2D eigenvalue weighted by Gasteiger charge is 2.35. The number of benzene rings is 1. The number of hydrogen-bond acceptors (Lipinski definition) is 4. The van der Waals surface area contributed by atoms with Crippen molar-refractivity contribution in [3.8, 4) is 0 Å². The lowest BCUT2D eigenvalue weighted by Crippen LogP contribution is -2.56. The van der Waals surface area contributed by atoms with Crippen molar-refractivity contribution in [1.29, 1.82) is 0 Å². The van der Waals surface area contributed by atoms with E-state index in [4.69, 9.17) is 0 Å². The van der Waals surface area contributed by atoms with Gasteiger partial charge in [-0.3, -0.25) is 4.79 Å². The minimum atomic E-state index is -0.181. The number of carbonyl (C=O) groups excluding carboxylic acids is 1. The second-order valence-corrected chi connectivity index (χ2v) is 6.56. The van der Waals surface area contributed by atoms with E-state index in [-0.39, 0.29) is 17.4 Å². The molecule has 1 aliphatic heterocycles. The van der Waals surface area contributed by atoms with Gasteiger partial charge in [-0.1, -0.05) is 12.1 Å². The summed E-state index contributed by atoms with van der Waals surface area (Å²) in [5, 5.41) is 4.07. The predicted octanol–water partition coefficient (Wildman–Crippen LogP) is 1.98. The van der Waals surface area contributed by atoms with Crippen LogP contribution in [-0.2, 0) is 4.79 Å². The van der Waals surface area contributed by atoms with E-state index in [1.54, 1.807) is 6.33 Å². The Morgan fingerprint density at radius 1 is 1.24 bits per heavy atom. The van der Waals surface area contributed by atoms with E-state index in [2.05, 4.69) is 20.2 Å². The first-order chi connectivity index (χ1) is 9.94. The Labute approximate surface area is 124 Å². The Bertz CT molecular complexity index is 666. The average Bonchev–Trinajstić information content (AvgIpc) is 2.35. The zero-order valence-corrected chi connectivity index (χ0v) is 12.6. The molecule has 2 heterocycles. The van der Waals surface area contributed by atoms with Crippen molar-refractivity contribution < 1.29 is 4.79 Å². The van der Waals surface area contributed by atoms with E-state index < -0.39 is 0 Å². The number of aromatic nitrogens is 2. The third-order valence-electron chi connectivity index (χ3n) is 3.57. The molecule has 1 N–H and O–H groups in total. The fourth-order valence-electron chi connectivity index (χ4n) is 2.53. The third kappa shape index (κ3) is 2.82. The number of rotatable bonds is 2. The third-order valence-corrected chi connectivity index (χ3v) is 3.57. The first-order valence-electron chi connectivity index (χ1n) is 7.21. The zero-order valence-electron chi connectivity index (χ0n) is 12.6. The van der Waals surface area contributed by atoms with Gasteiger partial charge in [0.2, 0.25) is 5.91 Å². The molecule has 3 rings (SSSR count). The summed E-state index contributed by atoms with van der Waals surface area (Å²) in [6.07, 6.45) is 1.58. The quantitative estimate of drug-likeness (QED) is 0.916. The highest BCUT2D eigenvalue weighted by molar-refractivity contribution is 5.91. The molecule has 5 heteroatoms. The molecule has 0 radical (unpaired) electrons. The SMILES string of the molecule is CC(C)(C)NC(=O)C1CN(c2ncnc3ccccc23)C1. The summed E-state index contributed by atoms with van der Waals surface area (Å²) in [4.78, 5) is 22.9. The highest BCUT2D eigenvalue weighted by Crippen LogP contribution is 2.28. The van der Waals surface area contributed by atoms with Crippen molar-refractivity contribution >= 4 is 22.6 Å². The molecule has 0 atom stereocenters. The molecule has 0 unspecified atom stereocenters. The fourth-order valence-corrected chi connectivity index (χ4v) is 2.53. The molecule has 1 fully saturated rings. The fraction of sp³-hybridized carbons (Fsp3) is 0.438. The molecule has 110 valence electrons. The molecular weight excluding hydrogens is 264 g/mol. The molecule has 5 nitrogen and oxygen atoms in total. The molecule has 0 bridgehead atoms. The number of fused-ring (bicyclic) bond motifs is 1. The van der Waals surface area contributed by atoms with Crippen LogP contribution in [0.2, 0.25) is 0 Å². The normalized spacial score (nSPS) is 15.9. The van der Waals surface area contributed by atoms with Crippen LogP contribution < -0.4 is 10.2 Å².